The molecule has 1 aliphatic heterocycles. The van der Waals surface area contributed by atoms with Crippen molar-refractivity contribution in [2.45, 2.75) is 46.6 Å². The zero-order chi connectivity index (χ0) is 13.2. The highest BCUT2D eigenvalue weighted by Gasteiger charge is 2.37. The fourth-order valence-corrected chi connectivity index (χ4v) is 2.12. The van der Waals surface area contributed by atoms with Crippen molar-refractivity contribution in [3.05, 3.63) is 0 Å². The lowest BCUT2D eigenvalue weighted by Crippen LogP contribution is -2.35. The predicted octanol–water partition coefficient (Wildman–Crippen LogP) is 2.47. The van der Waals surface area contributed by atoms with E-state index in [9.17, 15) is 9.59 Å². The molecule has 0 aromatic carbocycles. The average Bonchev–Trinajstić information content (AvgIpc) is 2.57. The van der Waals surface area contributed by atoms with Gasteiger partial charge < -0.3 is 9.64 Å². The fraction of sp³-hybridized carbons (Fsp3) is 0.846. The molecule has 0 N–H and O–H groups in total. The van der Waals surface area contributed by atoms with Crippen LogP contribution in [0.4, 0.5) is 4.79 Å². The van der Waals surface area contributed by atoms with Crippen LogP contribution in [-0.4, -0.2) is 35.5 Å². The van der Waals surface area contributed by atoms with Gasteiger partial charge in [-0.15, -0.1) is 0 Å². The van der Waals surface area contributed by atoms with E-state index in [4.69, 9.17) is 4.74 Å². The molecule has 98 valence electrons. The van der Waals surface area contributed by atoms with Crippen LogP contribution in [0.5, 0.6) is 0 Å². The fourth-order valence-electron chi connectivity index (χ4n) is 2.12. The van der Waals surface area contributed by atoms with Gasteiger partial charge in [-0.1, -0.05) is 13.8 Å². The molecule has 4 nitrogen and oxygen atoms in total. The first-order valence-corrected chi connectivity index (χ1v) is 6.25. The maximum Gasteiger partial charge on any atom is 0.410 e. The van der Waals surface area contributed by atoms with Crippen LogP contribution in [0.15, 0.2) is 0 Å². The average molecular weight is 241 g/mol. The maximum atomic E-state index is 11.9. The van der Waals surface area contributed by atoms with Crippen LogP contribution in [-0.2, 0) is 9.53 Å². The van der Waals surface area contributed by atoms with E-state index < -0.39 is 5.60 Å². The number of carbonyl (C=O) groups excluding carboxylic acids is 2. The summed E-state index contributed by atoms with van der Waals surface area (Å²) in [5, 5.41) is 0. The van der Waals surface area contributed by atoms with E-state index in [1.165, 1.54) is 0 Å². The van der Waals surface area contributed by atoms with Crippen LogP contribution in [0, 0.1) is 11.8 Å². The van der Waals surface area contributed by atoms with Crippen molar-refractivity contribution in [2.24, 2.45) is 11.8 Å². The van der Waals surface area contributed by atoms with Gasteiger partial charge in [-0.25, -0.2) is 4.79 Å². The predicted molar refractivity (Wildman–Crippen MR) is 65.8 cm³/mol. The molecule has 0 bridgehead atoms. The molecule has 1 heterocycles. The number of ketones is 1. The van der Waals surface area contributed by atoms with E-state index in [0.717, 1.165) is 0 Å². The first-order chi connectivity index (χ1) is 7.74. The summed E-state index contributed by atoms with van der Waals surface area (Å²) in [6.45, 7) is 10.5. The summed E-state index contributed by atoms with van der Waals surface area (Å²) in [7, 11) is 0. The van der Waals surface area contributed by atoms with Crippen LogP contribution in [0.2, 0.25) is 0 Å². The third kappa shape index (κ3) is 3.72. The molecule has 0 saturated carbocycles. The van der Waals surface area contributed by atoms with Gasteiger partial charge in [0.05, 0.1) is 0 Å². The summed E-state index contributed by atoms with van der Waals surface area (Å²) in [6, 6.07) is 0. The van der Waals surface area contributed by atoms with Gasteiger partial charge in [0.25, 0.3) is 0 Å². The standard InChI is InChI=1S/C13H23NO3/c1-6-11(15)10-8-14(7-9(10)2)12(16)17-13(3,4)5/h9-10H,6-8H2,1-5H3/t9-,10-/m1/s1. The zero-order valence-electron chi connectivity index (χ0n) is 11.4. The smallest absolute Gasteiger partial charge is 0.410 e. The number of carbonyl (C=O) groups is 2. The quantitative estimate of drug-likeness (QED) is 0.746. The Morgan fingerprint density at radius 1 is 1.29 bits per heavy atom. The van der Waals surface area contributed by atoms with E-state index in [0.29, 0.717) is 19.5 Å². The van der Waals surface area contributed by atoms with E-state index >= 15 is 0 Å². The minimum atomic E-state index is -0.479. The van der Waals surface area contributed by atoms with Crippen molar-refractivity contribution in [1.82, 2.24) is 4.90 Å². The second-order valence-corrected chi connectivity index (χ2v) is 5.79. The summed E-state index contributed by atoms with van der Waals surface area (Å²) in [4.78, 5) is 25.2. The van der Waals surface area contributed by atoms with Gasteiger partial charge in [0, 0.05) is 25.4 Å². The number of hydrogen-bond donors (Lipinski definition) is 0. The van der Waals surface area contributed by atoms with Gasteiger partial charge in [-0.3, -0.25) is 4.79 Å². The van der Waals surface area contributed by atoms with Gasteiger partial charge in [-0.2, -0.15) is 0 Å². The molecular formula is C13H23NO3. The van der Waals surface area contributed by atoms with Crippen molar-refractivity contribution < 1.29 is 14.3 Å². The number of rotatable bonds is 2. The summed E-state index contributed by atoms with van der Waals surface area (Å²) < 4.78 is 5.31. The number of likely N-dealkylation sites (tertiary alicyclic amines) is 1. The number of hydrogen-bond acceptors (Lipinski definition) is 3. The molecule has 0 radical (unpaired) electrons. The molecule has 1 rings (SSSR count). The number of amides is 1. The highest BCUT2D eigenvalue weighted by Crippen LogP contribution is 2.26. The van der Waals surface area contributed by atoms with Crippen molar-refractivity contribution >= 4 is 11.9 Å². The van der Waals surface area contributed by atoms with Gasteiger partial charge in [0.1, 0.15) is 11.4 Å². The molecule has 4 heteroatoms. The minimum Gasteiger partial charge on any atom is -0.444 e. The molecule has 1 saturated heterocycles. The Bertz CT molecular complexity index is 306. The number of ether oxygens (including phenoxy) is 1. The molecule has 0 aromatic rings. The second-order valence-electron chi connectivity index (χ2n) is 5.79. The molecule has 2 atom stereocenters. The van der Waals surface area contributed by atoms with Crippen molar-refractivity contribution in [2.75, 3.05) is 13.1 Å². The Morgan fingerprint density at radius 3 is 2.35 bits per heavy atom. The lowest BCUT2D eigenvalue weighted by molar-refractivity contribution is -0.123. The topological polar surface area (TPSA) is 46.6 Å². The summed E-state index contributed by atoms with van der Waals surface area (Å²) in [5.41, 5.74) is -0.479. The Labute approximate surface area is 103 Å². The van der Waals surface area contributed by atoms with E-state index in [2.05, 4.69) is 0 Å². The van der Waals surface area contributed by atoms with Crippen LogP contribution >= 0.6 is 0 Å². The largest absolute Gasteiger partial charge is 0.444 e. The van der Waals surface area contributed by atoms with Crippen molar-refractivity contribution in [3.63, 3.8) is 0 Å². The molecule has 0 aliphatic carbocycles. The summed E-state index contributed by atoms with van der Waals surface area (Å²) in [5.74, 6) is 0.450. The molecule has 0 spiro atoms. The van der Waals surface area contributed by atoms with E-state index in [1.807, 2.05) is 34.6 Å². The lowest BCUT2D eigenvalue weighted by Gasteiger charge is -2.24. The van der Waals surface area contributed by atoms with Crippen LogP contribution in [0.3, 0.4) is 0 Å². The Kier molecular flexibility index (Phi) is 4.17. The highest BCUT2D eigenvalue weighted by atomic mass is 16.6. The molecule has 1 fully saturated rings. The monoisotopic (exact) mass is 241 g/mol. The highest BCUT2D eigenvalue weighted by molar-refractivity contribution is 5.82. The maximum absolute atomic E-state index is 11.9. The molecule has 0 unspecified atom stereocenters. The summed E-state index contributed by atoms with van der Waals surface area (Å²) >= 11 is 0. The first kappa shape index (κ1) is 14.0. The molecule has 17 heavy (non-hydrogen) atoms. The number of nitrogens with zero attached hydrogens (tertiary/aromatic N) is 1. The SMILES string of the molecule is CCC(=O)[C@@H]1CN(C(=O)OC(C)(C)C)C[C@H]1C. The second kappa shape index (κ2) is 5.07. The molecule has 1 amide bonds. The van der Waals surface area contributed by atoms with Gasteiger partial charge in [-0.05, 0) is 26.7 Å². The van der Waals surface area contributed by atoms with Crippen LogP contribution in [0.1, 0.15) is 41.0 Å². The first-order valence-electron chi connectivity index (χ1n) is 6.25. The number of Topliss-reactive ketones (excluding diaryl/α,β-unsaturated/α-hetero) is 1. The van der Waals surface area contributed by atoms with Crippen LogP contribution < -0.4 is 0 Å². The van der Waals surface area contributed by atoms with Gasteiger partial charge >= 0.3 is 6.09 Å². The normalized spacial score (nSPS) is 24.9. The Hall–Kier alpha value is -1.06. The molecular weight excluding hydrogens is 218 g/mol. The molecule has 1 aliphatic rings. The van der Waals surface area contributed by atoms with E-state index in [-0.39, 0.29) is 23.7 Å². The van der Waals surface area contributed by atoms with Crippen LogP contribution in [0.25, 0.3) is 0 Å². The van der Waals surface area contributed by atoms with Gasteiger partial charge in [0.2, 0.25) is 0 Å². The Balaban J connectivity index is 2.60. The zero-order valence-corrected chi connectivity index (χ0v) is 11.4. The molecule has 0 aromatic heterocycles. The summed E-state index contributed by atoms with van der Waals surface area (Å²) in [6.07, 6.45) is 0.229. The van der Waals surface area contributed by atoms with E-state index in [1.54, 1.807) is 4.90 Å². The third-order valence-corrected chi connectivity index (χ3v) is 3.03. The third-order valence-electron chi connectivity index (χ3n) is 3.03. The Morgan fingerprint density at radius 2 is 1.88 bits per heavy atom. The van der Waals surface area contributed by atoms with Gasteiger partial charge in [0.15, 0.2) is 0 Å². The van der Waals surface area contributed by atoms with Crippen molar-refractivity contribution in [1.29, 1.82) is 0 Å². The lowest BCUT2D eigenvalue weighted by atomic mass is 9.92. The minimum absolute atomic E-state index is 0.0208. The van der Waals surface area contributed by atoms with Crippen molar-refractivity contribution in [3.8, 4) is 0 Å².